The molecule has 1 aromatic carbocycles. The lowest BCUT2D eigenvalue weighted by Gasteiger charge is -2.19. The van der Waals surface area contributed by atoms with Crippen molar-refractivity contribution < 1.29 is 4.79 Å². The normalized spacial score (nSPS) is 9.00. The van der Waals surface area contributed by atoms with E-state index in [0.29, 0.717) is 13.1 Å². The summed E-state index contributed by atoms with van der Waals surface area (Å²) in [5, 5.41) is 2.60. The highest BCUT2D eigenvalue weighted by Gasteiger charge is 2.08. The Bertz CT molecular complexity index is 285. The molecule has 3 heteroatoms. The van der Waals surface area contributed by atoms with Crippen molar-refractivity contribution in [2.24, 2.45) is 0 Å². The molecule has 0 radical (unpaired) electrons. The van der Waals surface area contributed by atoms with E-state index >= 15 is 0 Å². The van der Waals surface area contributed by atoms with Gasteiger partial charge in [0.25, 0.3) is 0 Å². The summed E-state index contributed by atoms with van der Waals surface area (Å²) in [5.74, 6) is 0. The van der Waals surface area contributed by atoms with E-state index in [4.69, 9.17) is 0 Å². The summed E-state index contributed by atoms with van der Waals surface area (Å²) in [4.78, 5) is 13.0. The van der Waals surface area contributed by atoms with E-state index in [9.17, 15) is 4.79 Å². The van der Waals surface area contributed by atoms with Gasteiger partial charge in [0, 0.05) is 19.2 Å². The van der Waals surface area contributed by atoms with E-state index in [1.807, 2.05) is 19.1 Å². The summed E-state index contributed by atoms with van der Waals surface area (Å²) in [6.45, 7) is 3.21. The van der Waals surface area contributed by atoms with Crippen LogP contribution in [0.2, 0.25) is 0 Å². The van der Waals surface area contributed by atoms with Crippen LogP contribution in [0.3, 0.4) is 0 Å². The molecule has 1 rings (SSSR count). The zero-order chi connectivity index (χ0) is 10.4. The molecular weight excluding hydrogens is 176 g/mol. The molecule has 0 aliphatic carbocycles. The van der Waals surface area contributed by atoms with E-state index in [2.05, 4.69) is 17.4 Å². The van der Waals surface area contributed by atoms with Crippen molar-refractivity contribution in [1.82, 2.24) is 10.2 Å². The Kier molecular flexibility index (Phi) is 3.81. The molecule has 2 amide bonds. The second-order valence-electron chi connectivity index (χ2n) is 2.89. The third-order valence-corrected chi connectivity index (χ3v) is 1.95. The highest BCUT2D eigenvalue weighted by Crippen LogP contribution is 2.00. The predicted molar refractivity (Wildman–Crippen MR) is 54.7 cm³/mol. The molecule has 0 fully saturated rings. The highest BCUT2D eigenvalue weighted by molar-refractivity contribution is 5.73. The number of rotatable bonds is 3. The molecule has 0 spiro atoms. The van der Waals surface area contributed by atoms with Crippen LogP contribution in [0.4, 0.5) is 4.79 Å². The molecule has 1 N–H and O–H groups in total. The molecule has 74 valence electrons. The Labute approximate surface area is 84.7 Å². The Morgan fingerprint density at radius 1 is 1.64 bits per heavy atom. The topological polar surface area (TPSA) is 32.3 Å². The summed E-state index contributed by atoms with van der Waals surface area (Å²) >= 11 is 0. The number of urea groups is 1. The first kappa shape index (κ1) is 10.4. The predicted octanol–water partition coefficient (Wildman–Crippen LogP) is 1.45. The number of carbonyl (C=O) groups is 1. The third kappa shape index (κ3) is 2.67. The summed E-state index contributed by atoms with van der Waals surface area (Å²) < 4.78 is 0. The second kappa shape index (κ2) is 5.13. The molecule has 14 heavy (non-hydrogen) atoms. The maximum Gasteiger partial charge on any atom is 0.317 e. The van der Waals surface area contributed by atoms with Crippen molar-refractivity contribution in [1.29, 1.82) is 0 Å². The molecule has 0 saturated carbocycles. The molecule has 0 unspecified atom stereocenters. The number of nitrogens with zero attached hydrogens (tertiary/aromatic N) is 1. The monoisotopic (exact) mass is 190 g/mol. The Morgan fingerprint density at radius 3 is 2.93 bits per heavy atom. The molecule has 0 aliphatic heterocycles. The minimum Gasteiger partial charge on any atom is -0.341 e. The van der Waals surface area contributed by atoms with Gasteiger partial charge in [0.05, 0.1) is 6.54 Å². The SMILES string of the molecule is CCN(Cc1c#cccc1)C(=O)NC. The van der Waals surface area contributed by atoms with Gasteiger partial charge in [-0.05, 0) is 19.1 Å². The first-order valence-corrected chi connectivity index (χ1v) is 4.61. The lowest BCUT2D eigenvalue weighted by Crippen LogP contribution is -2.37. The minimum atomic E-state index is -0.0650. The summed E-state index contributed by atoms with van der Waals surface area (Å²) in [5.41, 5.74) is 0.970. The molecule has 0 atom stereocenters. The van der Waals surface area contributed by atoms with Crippen LogP contribution in [0.15, 0.2) is 18.2 Å². The van der Waals surface area contributed by atoms with E-state index < -0.39 is 0 Å². The van der Waals surface area contributed by atoms with Crippen LogP contribution in [0.5, 0.6) is 0 Å². The first-order valence-electron chi connectivity index (χ1n) is 4.61. The zero-order valence-corrected chi connectivity index (χ0v) is 8.50. The number of hydrogen-bond donors (Lipinski definition) is 1. The van der Waals surface area contributed by atoms with Crippen molar-refractivity contribution in [2.75, 3.05) is 13.6 Å². The average molecular weight is 190 g/mol. The van der Waals surface area contributed by atoms with Gasteiger partial charge in [-0.2, -0.15) is 0 Å². The summed E-state index contributed by atoms with van der Waals surface area (Å²) in [7, 11) is 1.63. The molecule has 0 heterocycles. The van der Waals surface area contributed by atoms with Crippen LogP contribution in [-0.2, 0) is 6.54 Å². The average Bonchev–Trinajstić information content (AvgIpc) is 2.26. The number of amides is 2. The van der Waals surface area contributed by atoms with Gasteiger partial charge in [0.1, 0.15) is 0 Å². The summed E-state index contributed by atoms with van der Waals surface area (Å²) in [6, 6.07) is 11.4. The van der Waals surface area contributed by atoms with Gasteiger partial charge in [-0.1, -0.05) is 18.2 Å². The number of nitrogens with one attached hydrogen (secondary N) is 1. The molecule has 0 aliphatic rings. The molecule has 3 nitrogen and oxygen atoms in total. The third-order valence-electron chi connectivity index (χ3n) is 1.95. The lowest BCUT2D eigenvalue weighted by molar-refractivity contribution is 0.200. The van der Waals surface area contributed by atoms with E-state index in [1.165, 1.54) is 0 Å². The molecule has 0 saturated heterocycles. The minimum absolute atomic E-state index is 0.0650. The van der Waals surface area contributed by atoms with Crippen molar-refractivity contribution in [3.8, 4) is 0 Å². The number of hydrogen-bond acceptors (Lipinski definition) is 1. The van der Waals surface area contributed by atoms with Crippen LogP contribution in [0.25, 0.3) is 0 Å². The Balaban J connectivity index is 2.62. The van der Waals surface area contributed by atoms with Crippen molar-refractivity contribution in [2.45, 2.75) is 13.5 Å². The van der Waals surface area contributed by atoms with Gasteiger partial charge < -0.3 is 10.2 Å². The molecule has 1 aromatic rings. The van der Waals surface area contributed by atoms with Crippen molar-refractivity contribution >= 4 is 6.03 Å². The largest absolute Gasteiger partial charge is 0.341 e. The Hall–Kier alpha value is -1.69. The fourth-order valence-electron chi connectivity index (χ4n) is 1.17. The van der Waals surface area contributed by atoms with Crippen LogP contribution in [0, 0.1) is 12.1 Å². The summed E-state index contributed by atoms with van der Waals surface area (Å²) in [6.07, 6.45) is 0. The standard InChI is InChI=1S/C11H14N2O/c1-3-13(11(14)12-2)9-10-7-5-4-6-8-10/h4-5,7H,3,9H2,1-2H3,(H,12,14). The maximum absolute atomic E-state index is 11.3. The van der Waals surface area contributed by atoms with Crippen molar-refractivity contribution in [3.63, 3.8) is 0 Å². The molecular formula is C11H14N2O. The zero-order valence-electron chi connectivity index (χ0n) is 8.50. The van der Waals surface area contributed by atoms with Crippen LogP contribution in [-0.4, -0.2) is 24.5 Å². The van der Waals surface area contributed by atoms with Gasteiger partial charge in [-0.15, -0.1) is 0 Å². The van der Waals surface area contributed by atoms with Gasteiger partial charge in [-0.25, -0.2) is 4.79 Å². The van der Waals surface area contributed by atoms with E-state index in [0.717, 1.165) is 5.56 Å². The van der Waals surface area contributed by atoms with Gasteiger partial charge >= 0.3 is 6.03 Å². The van der Waals surface area contributed by atoms with Crippen LogP contribution < -0.4 is 5.32 Å². The second-order valence-corrected chi connectivity index (χ2v) is 2.89. The van der Waals surface area contributed by atoms with Gasteiger partial charge in [-0.3, -0.25) is 0 Å². The maximum atomic E-state index is 11.3. The smallest absolute Gasteiger partial charge is 0.317 e. The number of carbonyl (C=O) groups excluding carboxylic acids is 1. The van der Waals surface area contributed by atoms with Crippen molar-refractivity contribution in [3.05, 3.63) is 35.9 Å². The molecule has 0 aromatic heterocycles. The van der Waals surface area contributed by atoms with Gasteiger partial charge in [0.15, 0.2) is 0 Å². The molecule has 0 bridgehead atoms. The fourth-order valence-corrected chi connectivity index (χ4v) is 1.17. The van der Waals surface area contributed by atoms with Gasteiger partial charge in [0.2, 0.25) is 0 Å². The quantitative estimate of drug-likeness (QED) is 0.768. The van der Waals surface area contributed by atoms with Crippen LogP contribution >= 0.6 is 0 Å². The van der Waals surface area contributed by atoms with Crippen LogP contribution in [0.1, 0.15) is 12.5 Å². The lowest BCUT2D eigenvalue weighted by atomic mass is 10.2. The fraction of sp³-hybridized carbons (Fsp3) is 0.364. The first-order chi connectivity index (χ1) is 6.77. The van der Waals surface area contributed by atoms with E-state index in [1.54, 1.807) is 18.0 Å². The Morgan fingerprint density at radius 2 is 2.43 bits per heavy atom. The van der Waals surface area contributed by atoms with E-state index in [-0.39, 0.29) is 6.03 Å². The highest BCUT2D eigenvalue weighted by atomic mass is 16.2.